The van der Waals surface area contributed by atoms with E-state index in [2.05, 4.69) is 9.97 Å². The molecule has 2 heterocycles. The number of ether oxygens (including phenoxy) is 2. The number of aromatic amines is 1. The van der Waals surface area contributed by atoms with Crippen LogP contribution in [-0.2, 0) is 16.6 Å². The third-order valence-corrected chi connectivity index (χ3v) is 5.94. The normalized spacial score (nSPS) is 11.7. The van der Waals surface area contributed by atoms with Crippen molar-refractivity contribution in [1.29, 1.82) is 0 Å². The van der Waals surface area contributed by atoms with Gasteiger partial charge in [-0.3, -0.25) is 14.3 Å². The molecule has 0 atom stereocenters. The molecule has 0 amide bonds. The summed E-state index contributed by atoms with van der Waals surface area (Å²) in [7, 11) is -1.35. The summed E-state index contributed by atoms with van der Waals surface area (Å²) >= 11 is 0. The van der Waals surface area contributed by atoms with Gasteiger partial charge >= 0.3 is 5.69 Å². The van der Waals surface area contributed by atoms with E-state index in [0.717, 1.165) is 16.7 Å². The Balaban J connectivity index is 2.24. The third-order valence-electron chi connectivity index (χ3n) is 4.30. The van der Waals surface area contributed by atoms with Gasteiger partial charge < -0.3 is 9.47 Å². The monoisotopic (exact) mass is 408 g/mol. The van der Waals surface area contributed by atoms with Crippen molar-refractivity contribution < 1.29 is 17.9 Å². The van der Waals surface area contributed by atoms with Crippen LogP contribution in [0.1, 0.15) is 19.8 Å². The topological polar surface area (TPSA) is 125 Å². The number of methoxy groups -OCH3 is 2. The SMILES string of the molecule is CCCCn1c(=O)[nH]c(=O)c2c1ncn2S(=O)(=O)c1ccc(OC)c(OC)c1. The van der Waals surface area contributed by atoms with Crippen LogP contribution in [-0.4, -0.2) is 41.1 Å². The summed E-state index contributed by atoms with van der Waals surface area (Å²) in [4.78, 5) is 30.6. The number of aryl methyl sites for hydroxylation is 1. The van der Waals surface area contributed by atoms with Gasteiger partial charge in [-0.15, -0.1) is 0 Å². The van der Waals surface area contributed by atoms with Crippen molar-refractivity contribution in [3.8, 4) is 11.5 Å². The van der Waals surface area contributed by atoms with Crippen LogP contribution < -0.4 is 20.7 Å². The third kappa shape index (κ3) is 3.17. The van der Waals surface area contributed by atoms with Crippen molar-refractivity contribution in [2.24, 2.45) is 0 Å². The Morgan fingerprint density at radius 2 is 1.86 bits per heavy atom. The molecule has 0 aliphatic rings. The maximum absolute atomic E-state index is 13.1. The molecule has 0 unspecified atom stereocenters. The molecule has 10 nitrogen and oxygen atoms in total. The van der Waals surface area contributed by atoms with E-state index in [9.17, 15) is 18.0 Å². The van der Waals surface area contributed by atoms with Crippen molar-refractivity contribution in [1.82, 2.24) is 18.5 Å². The molecule has 150 valence electrons. The van der Waals surface area contributed by atoms with Gasteiger partial charge in [0, 0.05) is 12.6 Å². The molecule has 0 aliphatic carbocycles. The Bertz CT molecular complexity index is 1240. The zero-order chi connectivity index (χ0) is 20.5. The lowest BCUT2D eigenvalue weighted by Crippen LogP contribution is -2.31. The Kier molecular flexibility index (Phi) is 5.27. The largest absolute Gasteiger partial charge is 0.493 e. The van der Waals surface area contributed by atoms with Gasteiger partial charge in [0.05, 0.1) is 19.1 Å². The maximum atomic E-state index is 13.1. The smallest absolute Gasteiger partial charge is 0.330 e. The molecule has 3 rings (SSSR count). The second-order valence-corrected chi connectivity index (χ2v) is 7.81. The Hall–Kier alpha value is -3.08. The van der Waals surface area contributed by atoms with Crippen molar-refractivity contribution in [2.45, 2.75) is 31.2 Å². The van der Waals surface area contributed by atoms with Gasteiger partial charge in [-0.2, -0.15) is 0 Å². The molecule has 3 aromatic rings. The number of hydrogen-bond acceptors (Lipinski definition) is 7. The molecule has 28 heavy (non-hydrogen) atoms. The minimum Gasteiger partial charge on any atom is -0.493 e. The first-order valence-electron chi connectivity index (χ1n) is 8.53. The number of unbranched alkanes of at least 4 members (excludes halogenated alkanes) is 1. The molecule has 0 aliphatic heterocycles. The van der Waals surface area contributed by atoms with Gasteiger partial charge in [0.25, 0.3) is 15.6 Å². The number of aromatic nitrogens is 4. The van der Waals surface area contributed by atoms with Crippen LogP contribution in [0.5, 0.6) is 11.5 Å². The fourth-order valence-electron chi connectivity index (χ4n) is 2.84. The lowest BCUT2D eigenvalue weighted by molar-refractivity contribution is 0.354. The number of imidazole rings is 1. The highest BCUT2D eigenvalue weighted by Gasteiger charge is 2.25. The molecule has 1 aromatic carbocycles. The predicted octanol–water partition coefficient (Wildman–Crippen LogP) is 0.941. The Labute approximate surface area is 160 Å². The fourth-order valence-corrected chi connectivity index (χ4v) is 4.14. The van der Waals surface area contributed by atoms with Crippen molar-refractivity contribution in [2.75, 3.05) is 14.2 Å². The molecular formula is C17H20N4O6S. The minimum atomic E-state index is -4.17. The van der Waals surface area contributed by atoms with E-state index in [0.29, 0.717) is 18.7 Å². The van der Waals surface area contributed by atoms with Crippen LogP contribution in [0.3, 0.4) is 0 Å². The van der Waals surface area contributed by atoms with Crippen LogP contribution in [0, 0.1) is 0 Å². The molecule has 11 heteroatoms. The number of hydrogen-bond donors (Lipinski definition) is 1. The summed E-state index contributed by atoms with van der Waals surface area (Å²) in [5.74, 6) is 0.588. The molecule has 0 saturated heterocycles. The lowest BCUT2D eigenvalue weighted by atomic mass is 10.3. The molecule has 0 bridgehead atoms. The Morgan fingerprint density at radius 1 is 1.14 bits per heavy atom. The van der Waals surface area contributed by atoms with Crippen molar-refractivity contribution in [3.63, 3.8) is 0 Å². The molecule has 0 spiro atoms. The van der Waals surface area contributed by atoms with Crippen molar-refractivity contribution in [3.05, 3.63) is 45.4 Å². The molecular weight excluding hydrogens is 388 g/mol. The van der Waals surface area contributed by atoms with Crippen LogP contribution in [0.15, 0.2) is 39.0 Å². The highest BCUT2D eigenvalue weighted by atomic mass is 32.2. The van der Waals surface area contributed by atoms with E-state index in [1.165, 1.54) is 37.0 Å². The first-order chi connectivity index (χ1) is 13.3. The van der Waals surface area contributed by atoms with E-state index in [-0.39, 0.29) is 21.8 Å². The zero-order valence-electron chi connectivity index (χ0n) is 15.6. The highest BCUT2D eigenvalue weighted by Crippen LogP contribution is 2.30. The molecule has 0 radical (unpaired) electrons. The lowest BCUT2D eigenvalue weighted by Gasteiger charge is -2.11. The zero-order valence-corrected chi connectivity index (χ0v) is 16.4. The molecule has 0 fully saturated rings. The van der Waals surface area contributed by atoms with Gasteiger partial charge in [0.1, 0.15) is 6.33 Å². The molecule has 0 saturated carbocycles. The van der Waals surface area contributed by atoms with Gasteiger partial charge in [0.2, 0.25) is 0 Å². The van der Waals surface area contributed by atoms with Crippen LogP contribution >= 0.6 is 0 Å². The molecule has 2 aromatic heterocycles. The van der Waals surface area contributed by atoms with E-state index in [1.807, 2.05) is 6.92 Å². The first-order valence-corrected chi connectivity index (χ1v) is 9.97. The first kappa shape index (κ1) is 19.7. The van der Waals surface area contributed by atoms with Gasteiger partial charge in [0.15, 0.2) is 22.7 Å². The van der Waals surface area contributed by atoms with E-state index >= 15 is 0 Å². The van der Waals surface area contributed by atoms with Crippen LogP contribution in [0.4, 0.5) is 0 Å². The maximum Gasteiger partial charge on any atom is 0.330 e. The summed E-state index contributed by atoms with van der Waals surface area (Å²) in [6.45, 7) is 2.27. The predicted molar refractivity (Wildman–Crippen MR) is 102 cm³/mol. The fraction of sp³-hybridized carbons (Fsp3) is 0.353. The molecule has 1 N–H and O–H groups in total. The van der Waals surface area contributed by atoms with E-state index in [4.69, 9.17) is 9.47 Å². The van der Waals surface area contributed by atoms with Gasteiger partial charge in [-0.1, -0.05) is 13.3 Å². The quantitative estimate of drug-likeness (QED) is 0.617. The van der Waals surface area contributed by atoms with Crippen LogP contribution in [0.2, 0.25) is 0 Å². The standard InChI is InChI=1S/C17H20N4O6S/c1-4-5-8-20-15-14(16(22)19-17(20)23)21(10-18-15)28(24,25)11-6-7-12(26-2)13(9-11)27-3/h6-7,9-10H,4-5,8H2,1-3H3,(H,19,22,23). The van der Waals surface area contributed by atoms with Crippen LogP contribution in [0.25, 0.3) is 11.2 Å². The highest BCUT2D eigenvalue weighted by molar-refractivity contribution is 7.90. The number of nitrogens with one attached hydrogen (secondary N) is 1. The van der Waals surface area contributed by atoms with Gasteiger partial charge in [-0.25, -0.2) is 22.2 Å². The summed E-state index contributed by atoms with van der Waals surface area (Å²) in [6, 6.07) is 4.08. The number of rotatable bonds is 7. The van der Waals surface area contributed by atoms with Gasteiger partial charge in [-0.05, 0) is 18.6 Å². The summed E-state index contributed by atoms with van der Waals surface area (Å²) in [5, 5.41) is 0. The summed E-state index contributed by atoms with van der Waals surface area (Å²) < 4.78 is 38.6. The average Bonchev–Trinajstić information content (AvgIpc) is 3.13. The Morgan fingerprint density at radius 3 is 2.50 bits per heavy atom. The minimum absolute atomic E-state index is 0.0197. The summed E-state index contributed by atoms with van der Waals surface area (Å²) in [6.07, 6.45) is 2.52. The number of fused-ring (bicyclic) bond motifs is 1. The van der Waals surface area contributed by atoms with E-state index in [1.54, 1.807) is 0 Å². The summed E-state index contributed by atoms with van der Waals surface area (Å²) in [5.41, 5.74) is -1.65. The number of nitrogens with zero attached hydrogens (tertiary/aromatic N) is 3. The number of H-pyrrole nitrogens is 1. The van der Waals surface area contributed by atoms with E-state index < -0.39 is 21.3 Å². The van der Waals surface area contributed by atoms with Crippen molar-refractivity contribution >= 4 is 21.2 Å². The second kappa shape index (κ2) is 7.50. The average molecular weight is 408 g/mol. The number of benzene rings is 1. The second-order valence-electron chi connectivity index (χ2n) is 6.00.